The van der Waals surface area contributed by atoms with E-state index in [0.717, 1.165) is 15.8 Å². The van der Waals surface area contributed by atoms with Crippen LogP contribution in [0.4, 0.5) is 5.13 Å². The Morgan fingerprint density at radius 1 is 1.20 bits per heavy atom. The van der Waals surface area contributed by atoms with Gasteiger partial charge in [-0.25, -0.2) is 9.97 Å². The monoisotopic (exact) mass is 350 g/mol. The average molecular weight is 350 g/mol. The molecular weight excluding hydrogens is 336 g/mol. The van der Waals surface area contributed by atoms with E-state index in [0.29, 0.717) is 16.0 Å². The van der Waals surface area contributed by atoms with E-state index in [1.54, 1.807) is 6.07 Å². The Labute approximate surface area is 146 Å². The number of para-hydroxylation sites is 2. The summed E-state index contributed by atoms with van der Waals surface area (Å²) in [5.41, 5.74) is 2.20. The van der Waals surface area contributed by atoms with Crippen molar-refractivity contribution in [1.82, 2.24) is 14.5 Å². The van der Waals surface area contributed by atoms with Gasteiger partial charge in [-0.3, -0.25) is 14.2 Å². The van der Waals surface area contributed by atoms with Crippen LogP contribution in [0, 0.1) is 6.92 Å². The highest BCUT2D eigenvalue weighted by atomic mass is 32.1. The summed E-state index contributed by atoms with van der Waals surface area (Å²) >= 11 is 1.40. The standard InChI is InChI=1S/C18H14N4O2S/c1-11-5-4-6-12-16(11)19-10-22(17(12)24)9-15(23)21-18-20-13-7-2-3-8-14(13)25-18/h2-8,10H,9H2,1H3,(H,20,21,23). The summed E-state index contributed by atoms with van der Waals surface area (Å²) < 4.78 is 2.31. The van der Waals surface area contributed by atoms with Crippen LogP contribution in [0.2, 0.25) is 0 Å². The third-order valence-electron chi connectivity index (χ3n) is 3.91. The number of rotatable bonds is 3. The highest BCUT2D eigenvalue weighted by Gasteiger charge is 2.11. The number of amides is 1. The molecule has 0 aliphatic carbocycles. The van der Waals surface area contributed by atoms with Gasteiger partial charge in [0.05, 0.1) is 27.4 Å². The second-order valence-corrected chi connectivity index (χ2v) is 6.71. The van der Waals surface area contributed by atoms with Crippen LogP contribution in [0.3, 0.4) is 0 Å². The fraction of sp³-hybridized carbons (Fsp3) is 0.111. The summed E-state index contributed by atoms with van der Waals surface area (Å²) in [5.74, 6) is -0.310. The van der Waals surface area contributed by atoms with Crippen molar-refractivity contribution < 1.29 is 4.79 Å². The number of aromatic nitrogens is 3. The van der Waals surface area contributed by atoms with Gasteiger partial charge < -0.3 is 5.32 Å². The summed E-state index contributed by atoms with van der Waals surface area (Å²) in [7, 11) is 0. The number of nitrogens with zero attached hydrogens (tertiary/aromatic N) is 3. The average Bonchev–Trinajstić information content (AvgIpc) is 3.00. The second-order valence-electron chi connectivity index (χ2n) is 5.68. The summed E-state index contributed by atoms with van der Waals surface area (Å²) in [6, 6.07) is 13.1. The fourth-order valence-electron chi connectivity index (χ4n) is 2.69. The zero-order chi connectivity index (χ0) is 17.4. The zero-order valence-electron chi connectivity index (χ0n) is 13.4. The van der Waals surface area contributed by atoms with Crippen molar-refractivity contribution in [3.63, 3.8) is 0 Å². The molecule has 0 saturated heterocycles. The maximum absolute atomic E-state index is 12.5. The number of aryl methyl sites for hydroxylation is 1. The molecule has 0 spiro atoms. The van der Waals surface area contributed by atoms with Gasteiger partial charge in [-0.05, 0) is 30.7 Å². The molecule has 2 aromatic carbocycles. The van der Waals surface area contributed by atoms with Crippen molar-refractivity contribution in [3.8, 4) is 0 Å². The zero-order valence-corrected chi connectivity index (χ0v) is 14.2. The van der Waals surface area contributed by atoms with Gasteiger partial charge in [0.15, 0.2) is 5.13 Å². The van der Waals surface area contributed by atoms with Gasteiger partial charge >= 0.3 is 0 Å². The van der Waals surface area contributed by atoms with Crippen LogP contribution in [0.5, 0.6) is 0 Å². The molecule has 2 heterocycles. The lowest BCUT2D eigenvalue weighted by Crippen LogP contribution is -2.28. The van der Waals surface area contributed by atoms with Gasteiger partial charge in [0.25, 0.3) is 5.56 Å². The van der Waals surface area contributed by atoms with Crippen LogP contribution < -0.4 is 10.9 Å². The third-order valence-corrected chi connectivity index (χ3v) is 4.86. The van der Waals surface area contributed by atoms with Gasteiger partial charge in [0.2, 0.25) is 5.91 Å². The molecule has 2 aromatic heterocycles. The number of fused-ring (bicyclic) bond motifs is 2. The highest BCUT2D eigenvalue weighted by molar-refractivity contribution is 7.22. The van der Waals surface area contributed by atoms with Crippen molar-refractivity contribution in [2.24, 2.45) is 0 Å². The number of carbonyl (C=O) groups is 1. The van der Waals surface area contributed by atoms with Crippen LogP contribution in [-0.2, 0) is 11.3 Å². The van der Waals surface area contributed by atoms with Gasteiger partial charge in [-0.1, -0.05) is 35.6 Å². The molecule has 7 heteroatoms. The minimum Gasteiger partial charge on any atom is -0.300 e. The Bertz CT molecular complexity index is 1130. The van der Waals surface area contributed by atoms with Crippen molar-refractivity contribution in [2.75, 3.05) is 5.32 Å². The van der Waals surface area contributed by atoms with Crippen LogP contribution in [0.25, 0.3) is 21.1 Å². The van der Waals surface area contributed by atoms with E-state index < -0.39 is 0 Å². The second kappa shape index (κ2) is 6.10. The summed E-state index contributed by atoms with van der Waals surface area (Å²) in [4.78, 5) is 33.5. The molecule has 0 atom stereocenters. The van der Waals surface area contributed by atoms with Crippen LogP contribution >= 0.6 is 11.3 Å². The number of anilines is 1. The van der Waals surface area contributed by atoms with Crippen molar-refractivity contribution in [1.29, 1.82) is 0 Å². The van der Waals surface area contributed by atoms with Crippen molar-refractivity contribution in [2.45, 2.75) is 13.5 Å². The van der Waals surface area contributed by atoms with Crippen molar-refractivity contribution >= 4 is 43.5 Å². The van der Waals surface area contributed by atoms with E-state index in [-0.39, 0.29) is 18.0 Å². The number of carbonyl (C=O) groups excluding carboxylic acids is 1. The molecule has 25 heavy (non-hydrogen) atoms. The van der Waals surface area contributed by atoms with Crippen LogP contribution in [0.1, 0.15) is 5.56 Å². The molecule has 4 aromatic rings. The molecule has 0 bridgehead atoms. The van der Waals surface area contributed by atoms with E-state index in [9.17, 15) is 9.59 Å². The topological polar surface area (TPSA) is 76.9 Å². The van der Waals surface area contributed by atoms with Gasteiger partial charge in [0.1, 0.15) is 6.54 Å². The Balaban J connectivity index is 1.59. The SMILES string of the molecule is Cc1cccc2c(=O)n(CC(=O)Nc3nc4ccccc4s3)cnc12. The highest BCUT2D eigenvalue weighted by Crippen LogP contribution is 2.25. The Hall–Kier alpha value is -3.06. The number of hydrogen-bond donors (Lipinski definition) is 1. The Kier molecular flexibility index (Phi) is 3.77. The fourth-order valence-corrected chi connectivity index (χ4v) is 3.57. The lowest BCUT2D eigenvalue weighted by atomic mass is 10.1. The molecule has 4 rings (SSSR count). The molecule has 0 radical (unpaired) electrons. The Morgan fingerprint density at radius 2 is 2.04 bits per heavy atom. The first-order valence-electron chi connectivity index (χ1n) is 7.72. The smallest absolute Gasteiger partial charge is 0.261 e. The molecule has 0 aliphatic rings. The summed E-state index contributed by atoms with van der Waals surface area (Å²) in [6.07, 6.45) is 1.41. The van der Waals surface area contributed by atoms with Crippen molar-refractivity contribution in [3.05, 3.63) is 64.7 Å². The molecular formula is C18H14N4O2S. The molecule has 124 valence electrons. The van der Waals surface area contributed by atoms with Crippen LogP contribution in [0.15, 0.2) is 53.6 Å². The van der Waals surface area contributed by atoms with E-state index in [1.165, 1.54) is 22.2 Å². The third kappa shape index (κ3) is 2.89. The number of benzene rings is 2. The van der Waals surface area contributed by atoms with Crippen LogP contribution in [-0.4, -0.2) is 20.4 Å². The predicted molar refractivity (Wildman–Crippen MR) is 99.0 cm³/mol. The first-order valence-corrected chi connectivity index (χ1v) is 8.53. The normalized spacial score (nSPS) is 11.1. The molecule has 0 fully saturated rings. The maximum Gasteiger partial charge on any atom is 0.261 e. The molecule has 1 N–H and O–H groups in total. The van der Waals surface area contributed by atoms with E-state index in [4.69, 9.17) is 0 Å². The maximum atomic E-state index is 12.5. The molecule has 1 amide bonds. The minimum atomic E-state index is -0.310. The number of hydrogen-bond acceptors (Lipinski definition) is 5. The number of thiazole rings is 1. The number of nitrogens with one attached hydrogen (secondary N) is 1. The summed E-state index contributed by atoms with van der Waals surface area (Å²) in [6.45, 7) is 1.80. The largest absolute Gasteiger partial charge is 0.300 e. The molecule has 6 nitrogen and oxygen atoms in total. The Morgan fingerprint density at radius 3 is 2.88 bits per heavy atom. The minimum absolute atomic E-state index is 0.106. The van der Waals surface area contributed by atoms with E-state index >= 15 is 0 Å². The molecule has 0 saturated carbocycles. The van der Waals surface area contributed by atoms with Gasteiger partial charge in [-0.2, -0.15) is 0 Å². The summed E-state index contributed by atoms with van der Waals surface area (Å²) in [5, 5.41) is 3.77. The van der Waals surface area contributed by atoms with E-state index in [1.807, 2.05) is 43.3 Å². The van der Waals surface area contributed by atoms with Gasteiger partial charge in [-0.15, -0.1) is 0 Å². The molecule has 0 unspecified atom stereocenters. The quantitative estimate of drug-likeness (QED) is 0.616. The predicted octanol–water partition coefficient (Wildman–Crippen LogP) is 2.95. The lowest BCUT2D eigenvalue weighted by Gasteiger charge is -2.07. The first kappa shape index (κ1) is 15.5. The van der Waals surface area contributed by atoms with Gasteiger partial charge in [0, 0.05) is 0 Å². The van der Waals surface area contributed by atoms with E-state index in [2.05, 4.69) is 15.3 Å². The first-order chi connectivity index (χ1) is 12.1. The molecule has 0 aliphatic heterocycles. The lowest BCUT2D eigenvalue weighted by molar-refractivity contribution is -0.116.